The third-order valence-electron chi connectivity index (χ3n) is 2.10. The lowest BCUT2D eigenvalue weighted by Crippen LogP contribution is -2.15. The molecule has 0 aliphatic rings. The smallest absolute Gasteiger partial charge is 0.229 e. The summed E-state index contributed by atoms with van der Waals surface area (Å²) in [7, 11) is 0. The SMILES string of the molecule is O=C(CCOc1ccccc1F)Nc1nccs1. The molecule has 2 aromatic rings. The fourth-order valence-corrected chi connectivity index (χ4v) is 1.83. The van der Waals surface area contributed by atoms with Gasteiger partial charge in [-0.15, -0.1) is 11.3 Å². The number of para-hydroxylation sites is 1. The van der Waals surface area contributed by atoms with Gasteiger partial charge in [0.25, 0.3) is 0 Å². The maximum atomic E-state index is 13.2. The molecule has 1 aromatic heterocycles. The van der Waals surface area contributed by atoms with E-state index in [9.17, 15) is 9.18 Å². The molecule has 0 radical (unpaired) electrons. The van der Waals surface area contributed by atoms with E-state index in [0.717, 1.165) is 0 Å². The number of amides is 1. The summed E-state index contributed by atoms with van der Waals surface area (Å²) in [5.74, 6) is -0.487. The summed E-state index contributed by atoms with van der Waals surface area (Å²) in [5.41, 5.74) is 0. The van der Waals surface area contributed by atoms with Gasteiger partial charge in [0.15, 0.2) is 16.7 Å². The molecule has 1 heterocycles. The molecule has 18 heavy (non-hydrogen) atoms. The van der Waals surface area contributed by atoms with Crippen LogP contribution >= 0.6 is 11.3 Å². The number of halogens is 1. The van der Waals surface area contributed by atoms with Crippen LogP contribution < -0.4 is 10.1 Å². The van der Waals surface area contributed by atoms with Crippen LogP contribution in [0.1, 0.15) is 6.42 Å². The highest BCUT2D eigenvalue weighted by molar-refractivity contribution is 7.13. The average molecular weight is 266 g/mol. The van der Waals surface area contributed by atoms with E-state index in [2.05, 4.69) is 10.3 Å². The van der Waals surface area contributed by atoms with Gasteiger partial charge in [0.1, 0.15) is 0 Å². The Kier molecular flexibility index (Phi) is 4.25. The number of carbonyl (C=O) groups is 1. The Morgan fingerprint density at radius 3 is 3.00 bits per heavy atom. The molecule has 6 heteroatoms. The van der Waals surface area contributed by atoms with Gasteiger partial charge in [-0.05, 0) is 12.1 Å². The van der Waals surface area contributed by atoms with E-state index in [1.807, 2.05) is 0 Å². The minimum atomic E-state index is -0.433. The minimum Gasteiger partial charge on any atom is -0.490 e. The van der Waals surface area contributed by atoms with Gasteiger partial charge in [-0.25, -0.2) is 9.37 Å². The van der Waals surface area contributed by atoms with Crippen molar-refractivity contribution >= 4 is 22.4 Å². The molecule has 0 aliphatic carbocycles. The average Bonchev–Trinajstić information content (AvgIpc) is 2.84. The summed E-state index contributed by atoms with van der Waals surface area (Å²) in [6.07, 6.45) is 1.75. The number of carbonyl (C=O) groups excluding carboxylic acids is 1. The van der Waals surface area contributed by atoms with Crippen molar-refractivity contribution in [1.29, 1.82) is 0 Å². The van der Waals surface area contributed by atoms with Crippen molar-refractivity contribution < 1.29 is 13.9 Å². The number of hydrogen-bond acceptors (Lipinski definition) is 4. The van der Waals surface area contributed by atoms with Crippen LogP contribution in [0.15, 0.2) is 35.8 Å². The van der Waals surface area contributed by atoms with Gasteiger partial charge >= 0.3 is 0 Å². The van der Waals surface area contributed by atoms with Crippen LogP contribution in [0.3, 0.4) is 0 Å². The zero-order chi connectivity index (χ0) is 12.8. The summed E-state index contributed by atoms with van der Waals surface area (Å²) < 4.78 is 18.4. The first-order valence-corrected chi connectivity index (χ1v) is 6.20. The number of rotatable bonds is 5. The van der Waals surface area contributed by atoms with Crippen LogP contribution in [-0.4, -0.2) is 17.5 Å². The zero-order valence-corrected chi connectivity index (χ0v) is 10.2. The monoisotopic (exact) mass is 266 g/mol. The minimum absolute atomic E-state index is 0.123. The fourth-order valence-electron chi connectivity index (χ4n) is 1.28. The van der Waals surface area contributed by atoms with E-state index in [4.69, 9.17) is 4.74 Å². The summed E-state index contributed by atoms with van der Waals surface area (Å²) in [6.45, 7) is 0.123. The highest BCUT2D eigenvalue weighted by atomic mass is 32.1. The Balaban J connectivity index is 1.75. The molecule has 2 rings (SSSR count). The van der Waals surface area contributed by atoms with Crippen LogP contribution in [-0.2, 0) is 4.79 Å². The van der Waals surface area contributed by atoms with Gasteiger partial charge in [-0.3, -0.25) is 4.79 Å². The number of anilines is 1. The molecule has 4 nitrogen and oxygen atoms in total. The van der Waals surface area contributed by atoms with Crippen molar-refractivity contribution in [1.82, 2.24) is 4.98 Å². The molecule has 0 saturated heterocycles. The lowest BCUT2D eigenvalue weighted by molar-refractivity contribution is -0.116. The largest absolute Gasteiger partial charge is 0.490 e. The summed E-state index contributed by atoms with van der Waals surface area (Å²) in [4.78, 5) is 15.4. The van der Waals surface area contributed by atoms with Gasteiger partial charge in [0.05, 0.1) is 13.0 Å². The number of ether oxygens (including phenoxy) is 1. The Labute approximate surface area is 107 Å². The van der Waals surface area contributed by atoms with Crippen molar-refractivity contribution in [3.05, 3.63) is 41.7 Å². The molecule has 1 amide bonds. The number of nitrogens with zero attached hydrogens (tertiary/aromatic N) is 1. The van der Waals surface area contributed by atoms with Crippen LogP contribution in [0.5, 0.6) is 5.75 Å². The molecule has 0 atom stereocenters. The predicted molar refractivity (Wildman–Crippen MR) is 67.3 cm³/mol. The molecular weight excluding hydrogens is 255 g/mol. The first-order valence-electron chi connectivity index (χ1n) is 5.32. The van der Waals surface area contributed by atoms with Gasteiger partial charge in [0.2, 0.25) is 5.91 Å². The number of aromatic nitrogens is 1. The molecular formula is C12H11FN2O2S. The van der Waals surface area contributed by atoms with Crippen LogP contribution in [0.25, 0.3) is 0 Å². The highest BCUT2D eigenvalue weighted by Gasteiger charge is 2.06. The quantitative estimate of drug-likeness (QED) is 0.905. The van der Waals surface area contributed by atoms with Crippen molar-refractivity contribution in [2.45, 2.75) is 6.42 Å². The molecule has 0 bridgehead atoms. The molecule has 0 spiro atoms. The van der Waals surface area contributed by atoms with Crippen LogP contribution in [0, 0.1) is 5.82 Å². The molecule has 94 valence electrons. The molecule has 0 saturated carbocycles. The fraction of sp³-hybridized carbons (Fsp3) is 0.167. The highest BCUT2D eigenvalue weighted by Crippen LogP contribution is 2.15. The van der Waals surface area contributed by atoms with Gasteiger partial charge < -0.3 is 10.1 Å². The van der Waals surface area contributed by atoms with Gasteiger partial charge in [-0.2, -0.15) is 0 Å². The predicted octanol–water partition coefficient (Wildman–Crippen LogP) is 2.69. The Morgan fingerprint density at radius 1 is 1.44 bits per heavy atom. The second kappa shape index (κ2) is 6.11. The van der Waals surface area contributed by atoms with Crippen molar-refractivity contribution in [3.63, 3.8) is 0 Å². The third-order valence-corrected chi connectivity index (χ3v) is 2.79. The zero-order valence-electron chi connectivity index (χ0n) is 9.43. The normalized spacial score (nSPS) is 10.1. The van der Waals surface area contributed by atoms with Crippen molar-refractivity contribution in [2.24, 2.45) is 0 Å². The standard InChI is InChI=1S/C12H11FN2O2S/c13-9-3-1-2-4-10(9)17-7-5-11(16)15-12-14-6-8-18-12/h1-4,6,8H,5,7H2,(H,14,15,16). The first-order chi connectivity index (χ1) is 8.75. The number of thiazole rings is 1. The van der Waals surface area contributed by atoms with E-state index in [1.54, 1.807) is 23.7 Å². The molecule has 0 unspecified atom stereocenters. The van der Waals surface area contributed by atoms with E-state index in [1.165, 1.54) is 23.5 Å². The van der Waals surface area contributed by atoms with E-state index < -0.39 is 5.82 Å². The van der Waals surface area contributed by atoms with E-state index in [-0.39, 0.29) is 24.7 Å². The maximum Gasteiger partial charge on any atom is 0.229 e. The summed E-state index contributed by atoms with van der Waals surface area (Å²) in [6, 6.07) is 6.09. The number of hydrogen-bond donors (Lipinski definition) is 1. The lowest BCUT2D eigenvalue weighted by Gasteiger charge is -2.06. The van der Waals surface area contributed by atoms with Crippen LogP contribution in [0.4, 0.5) is 9.52 Å². The Bertz CT molecular complexity index is 517. The lowest BCUT2D eigenvalue weighted by atomic mass is 10.3. The van der Waals surface area contributed by atoms with Crippen LogP contribution in [0.2, 0.25) is 0 Å². The molecule has 1 aromatic carbocycles. The van der Waals surface area contributed by atoms with Gasteiger partial charge in [-0.1, -0.05) is 12.1 Å². The molecule has 1 N–H and O–H groups in total. The topological polar surface area (TPSA) is 51.2 Å². The summed E-state index contributed by atoms with van der Waals surface area (Å²) >= 11 is 1.34. The third kappa shape index (κ3) is 3.53. The van der Waals surface area contributed by atoms with Gasteiger partial charge in [0, 0.05) is 11.6 Å². The Morgan fingerprint density at radius 2 is 2.28 bits per heavy atom. The number of benzene rings is 1. The first kappa shape index (κ1) is 12.5. The second-order valence-corrected chi connectivity index (χ2v) is 4.31. The Hall–Kier alpha value is -1.95. The van der Waals surface area contributed by atoms with E-state index in [0.29, 0.717) is 5.13 Å². The van der Waals surface area contributed by atoms with E-state index >= 15 is 0 Å². The summed E-state index contributed by atoms with van der Waals surface area (Å²) in [5, 5.41) is 4.93. The second-order valence-electron chi connectivity index (χ2n) is 3.41. The maximum absolute atomic E-state index is 13.2. The molecule has 0 fully saturated rings. The number of nitrogens with one attached hydrogen (secondary N) is 1. The van der Waals surface area contributed by atoms with Crippen molar-refractivity contribution in [3.8, 4) is 5.75 Å². The van der Waals surface area contributed by atoms with Crippen molar-refractivity contribution in [2.75, 3.05) is 11.9 Å². The molecule has 0 aliphatic heterocycles.